The number of rotatable bonds is 3. The molecule has 2 aliphatic heterocycles. The lowest BCUT2D eigenvalue weighted by Crippen LogP contribution is -2.45. The monoisotopic (exact) mass is 339 g/mol. The van der Waals surface area contributed by atoms with Crippen molar-refractivity contribution in [3.05, 3.63) is 53.7 Å². The van der Waals surface area contributed by atoms with Gasteiger partial charge in [0, 0.05) is 37.8 Å². The van der Waals surface area contributed by atoms with Crippen LogP contribution in [0.2, 0.25) is 0 Å². The van der Waals surface area contributed by atoms with Gasteiger partial charge in [-0.05, 0) is 50.9 Å². The Hall–Kier alpha value is -2.14. The highest BCUT2D eigenvalue weighted by Crippen LogP contribution is 2.39. The summed E-state index contributed by atoms with van der Waals surface area (Å²) in [6.45, 7) is 6.63. The van der Waals surface area contributed by atoms with Crippen molar-refractivity contribution in [1.82, 2.24) is 14.8 Å². The van der Waals surface area contributed by atoms with Gasteiger partial charge in [-0.15, -0.1) is 0 Å². The van der Waals surface area contributed by atoms with E-state index in [1.165, 1.54) is 12.8 Å². The predicted molar refractivity (Wildman–Crippen MR) is 95.1 cm³/mol. The lowest BCUT2D eigenvalue weighted by Gasteiger charge is -2.40. The van der Waals surface area contributed by atoms with Crippen molar-refractivity contribution in [2.75, 3.05) is 26.2 Å². The second kappa shape index (κ2) is 6.64. The molecule has 4 rings (SSSR count). The van der Waals surface area contributed by atoms with Crippen LogP contribution in [0.3, 0.4) is 0 Å². The van der Waals surface area contributed by atoms with Gasteiger partial charge in [-0.25, -0.2) is 0 Å². The summed E-state index contributed by atoms with van der Waals surface area (Å²) in [4.78, 5) is 21.7. The molecule has 0 saturated carbocycles. The Balaban J connectivity index is 1.42. The highest BCUT2D eigenvalue weighted by Gasteiger charge is 2.43. The highest BCUT2D eigenvalue weighted by molar-refractivity contribution is 5.95. The van der Waals surface area contributed by atoms with Crippen molar-refractivity contribution in [3.63, 3.8) is 0 Å². The van der Waals surface area contributed by atoms with Crippen LogP contribution in [0, 0.1) is 12.3 Å². The van der Waals surface area contributed by atoms with E-state index >= 15 is 0 Å². The van der Waals surface area contributed by atoms with E-state index in [9.17, 15) is 4.79 Å². The Morgan fingerprint density at radius 3 is 2.92 bits per heavy atom. The number of aromatic nitrogens is 1. The molecule has 1 spiro atoms. The fourth-order valence-corrected chi connectivity index (χ4v) is 4.38. The summed E-state index contributed by atoms with van der Waals surface area (Å²) in [7, 11) is 0. The number of nitrogens with zero attached hydrogens (tertiary/aromatic N) is 3. The minimum Gasteiger partial charge on any atom is -0.469 e. The standard InChI is InChI=1S/C20H25N3O2/c1-16-18(6-12-25-16)19(24)23-11-8-20(15-23)7-4-10-22(14-20)13-17-5-2-3-9-21-17/h2-3,5-6,9,12H,4,7-8,10-11,13-15H2,1H3/t20-/m0/s1. The maximum Gasteiger partial charge on any atom is 0.257 e. The molecule has 2 aromatic rings. The number of likely N-dealkylation sites (tertiary alicyclic amines) is 2. The number of piperidine rings is 1. The maximum atomic E-state index is 12.8. The third kappa shape index (κ3) is 3.33. The summed E-state index contributed by atoms with van der Waals surface area (Å²) in [5.41, 5.74) is 2.07. The Morgan fingerprint density at radius 1 is 1.24 bits per heavy atom. The molecule has 2 aliphatic rings. The van der Waals surface area contributed by atoms with Crippen LogP contribution in [0.1, 0.15) is 41.1 Å². The van der Waals surface area contributed by atoms with E-state index in [1.54, 1.807) is 12.3 Å². The van der Waals surface area contributed by atoms with E-state index in [0.29, 0.717) is 11.3 Å². The summed E-state index contributed by atoms with van der Waals surface area (Å²) < 4.78 is 5.30. The van der Waals surface area contributed by atoms with Crippen molar-refractivity contribution < 1.29 is 9.21 Å². The zero-order chi connectivity index (χ0) is 17.3. The minimum absolute atomic E-state index is 0.116. The van der Waals surface area contributed by atoms with Crippen molar-refractivity contribution in [2.45, 2.75) is 32.7 Å². The number of amides is 1. The quantitative estimate of drug-likeness (QED) is 0.862. The Bertz CT molecular complexity index is 742. The molecule has 0 unspecified atom stereocenters. The van der Waals surface area contributed by atoms with E-state index in [4.69, 9.17) is 4.42 Å². The average Bonchev–Trinajstić information content (AvgIpc) is 3.22. The number of carbonyl (C=O) groups is 1. The van der Waals surface area contributed by atoms with Crippen LogP contribution in [0.5, 0.6) is 0 Å². The van der Waals surface area contributed by atoms with Crippen molar-refractivity contribution in [3.8, 4) is 0 Å². The topological polar surface area (TPSA) is 49.6 Å². The third-order valence-electron chi connectivity index (χ3n) is 5.67. The Labute approximate surface area is 148 Å². The molecule has 0 bridgehead atoms. The molecule has 4 heterocycles. The summed E-state index contributed by atoms with van der Waals surface area (Å²) >= 11 is 0. The van der Waals surface area contributed by atoms with Crippen LogP contribution in [0.25, 0.3) is 0 Å². The van der Waals surface area contributed by atoms with Crippen molar-refractivity contribution in [2.24, 2.45) is 5.41 Å². The fourth-order valence-electron chi connectivity index (χ4n) is 4.38. The zero-order valence-corrected chi connectivity index (χ0v) is 14.8. The van der Waals surface area contributed by atoms with Crippen LogP contribution in [0.15, 0.2) is 41.1 Å². The number of pyridine rings is 1. The molecule has 0 aromatic carbocycles. The van der Waals surface area contributed by atoms with Gasteiger partial charge in [0.2, 0.25) is 0 Å². The molecule has 1 atom stereocenters. The van der Waals surface area contributed by atoms with Gasteiger partial charge < -0.3 is 9.32 Å². The highest BCUT2D eigenvalue weighted by atomic mass is 16.3. The third-order valence-corrected chi connectivity index (χ3v) is 5.67. The van der Waals surface area contributed by atoms with Gasteiger partial charge >= 0.3 is 0 Å². The molecule has 5 heteroatoms. The smallest absolute Gasteiger partial charge is 0.257 e. The Morgan fingerprint density at radius 2 is 2.16 bits per heavy atom. The molecular formula is C20H25N3O2. The predicted octanol–water partition coefficient (Wildman–Crippen LogP) is 3.11. The molecule has 2 saturated heterocycles. The minimum atomic E-state index is 0.116. The average molecular weight is 339 g/mol. The van der Waals surface area contributed by atoms with Gasteiger partial charge in [-0.1, -0.05) is 6.07 Å². The van der Waals surface area contributed by atoms with Gasteiger partial charge in [0.25, 0.3) is 5.91 Å². The molecule has 132 valence electrons. The molecule has 0 radical (unpaired) electrons. The molecule has 0 N–H and O–H groups in total. The van der Waals surface area contributed by atoms with E-state index in [0.717, 1.165) is 44.8 Å². The number of aryl methyl sites for hydroxylation is 1. The van der Waals surface area contributed by atoms with Crippen molar-refractivity contribution in [1.29, 1.82) is 0 Å². The summed E-state index contributed by atoms with van der Waals surface area (Å²) in [6, 6.07) is 7.88. The van der Waals surface area contributed by atoms with Gasteiger partial charge in [0.15, 0.2) is 0 Å². The largest absolute Gasteiger partial charge is 0.469 e. The van der Waals surface area contributed by atoms with E-state index in [-0.39, 0.29) is 11.3 Å². The molecule has 5 nitrogen and oxygen atoms in total. The summed E-state index contributed by atoms with van der Waals surface area (Å²) in [5.74, 6) is 0.830. The SMILES string of the molecule is Cc1occc1C(=O)N1CC[C@]2(CCCN(Cc3ccccn3)C2)C1. The maximum absolute atomic E-state index is 12.8. The second-order valence-electron chi connectivity index (χ2n) is 7.50. The van der Waals surface area contributed by atoms with Crippen LogP contribution in [0.4, 0.5) is 0 Å². The molecule has 25 heavy (non-hydrogen) atoms. The molecule has 2 fully saturated rings. The van der Waals surface area contributed by atoms with Gasteiger partial charge in [0.1, 0.15) is 5.76 Å². The first-order valence-electron chi connectivity index (χ1n) is 9.11. The van der Waals surface area contributed by atoms with Gasteiger partial charge in [-0.3, -0.25) is 14.7 Å². The Kier molecular flexibility index (Phi) is 4.34. The number of hydrogen-bond acceptors (Lipinski definition) is 4. The zero-order valence-electron chi connectivity index (χ0n) is 14.8. The number of furan rings is 1. The van der Waals surface area contributed by atoms with E-state index in [2.05, 4.69) is 16.0 Å². The van der Waals surface area contributed by atoms with Crippen molar-refractivity contribution >= 4 is 5.91 Å². The van der Waals surface area contributed by atoms with Crippen LogP contribution in [-0.2, 0) is 6.54 Å². The van der Waals surface area contributed by atoms with Crippen LogP contribution >= 0.6 is 0 Å². The number of carbonyl (C=O) groups excluding carboxylic acids is 1. The molecule has 1 amide bonds. The number of hydrogen-bond donors (Lipinski definition) is 0. The van der Waals surface area contributed by atoms with Gasteiger partial charge in [-0.2, -0.15) is 0 Å². The van der Waals surface area contributed by atoms with Crippen LogP contribution < -0.4 is 0 Å². The summed E-state index contributed by atoms with van der Waals surface area (Å²) in [5, 5.41) is 0. The summed E-state index contributed by atoms with van der Waals surface area (Å²) in [6.07, 6.45) is 6.95. The fraction of sp³-hybridized carbons (Fsp3) is 0.500. The second-order valence-corrected chi connectivity index (χ2v) is 7.50. The molecular weight excluding hydrogens is 314 g/mol. The lowest BCUT2D eigenvalue weighted by molar-refractivity contribution is 0.0671. The molecule has 0 aliphatic carbocycles. The normalized spacial score (nSPS) is 24.1. The van der Waals surface area contributed by atoms with Gasteiger partial charge in [0.05, 0.1) is 17.5 Å². The lowest BCUT2D eigenvalue weighted by atomic mass is 9.79. The van der Waals surface area contributed by atoms with E-state index in [1.807, 2.05) is 30.2 Å². The molecule has 2 aromatic heterocycles. The van der Waals surface area contributed by atoms with Crippen LogP contribution in [-0.4, -0.2) is 46.9 Å². The first-order chi connectivity index (χ1) is 12.2. The first-order valence-corrected chi connectivity index (χ1v) is 9.11. The first kappa shape index (κ1) is 16.3. The van der Waals surface area contributed by atoms with E-state index < -0.39 is 0 Å².